The SMILES string of the molecule is C#Cc1cccc2cccc(-c3nc(OC)c4c(N5CCNCC5)nc(OCC56CCCN5C[C@H](F)C6)nc4c3F)c12. The molecule has 0 amide bonds. The Labute approximate surface area is 243 Å². The predicted octanol–water partition coefficient (Wildman–Crippen LogP) is 4.34. The molecule has 7 rings (SSSR count). The number of terminal acetylenes is 1. The van der Waals surface area contributed by atoms with E-state index in [0.29, 0.717) is 48.4 Å². The van der Waals surface area contributed by atoms with Gasteiger partial charge in [0.1, 0.15) is 35.2 Å². The molecule has 2 aromatic carbocycles. The second-order valence-electron chi connectivity index (χ2n) is 11.3. The van der Waals surface area contributed by atoms with Crippen molar-refractivity contribution in [1.82, 2.24) is 25.2 Å². The zero-order chi connectivity index (χ0) is 28.8. The van der Waals surface area contributed by atoms with Crippen molar-refractivity contribution in [3.8, 4) is 35.5 Å². The van der Waals surface area contributed by atoms with Gasteiger partial charge in [-0.3, -0.25) is 4.90 Å². The average Bonchev–Trinajstić information content (AvgIpc) is 3.55. The number of hydrogen-bond donors (Lipinski definition) is 1. The standard InChI is InChI=1S/C32H32F2N6O2/c1-3-20-7-4-8-21-9-5-10-23(24(20)21)27-26(34)28-25(30(36-27)41-2)29(39-15-12-35-13-16-39)38-31(37-28)42-19-32-11-6-14-40(32)18-22(33)17-32/h1,4-5,7-10,22,35H,6,11-19H2,2H3/t22-,32?/m1/s1. The van der Waals surface area contributed by atoms with Gasteiger partial charge in [-0.25, -0.2) is 13.8 Å². The zero-order valence-corrected chi connectivity index (χ0v) is 23.5. The fourth-order valence-corrected chi connectivity index (χ4v) is 6.91. The molecular formula is C32H32F2N6O2. The van der Waals surface area contributed by atoms with Gasteiger partial charge in [-0.05, 0) is 30.8 Å². The third kappa shape index (κ3) is 4.39. The van der Waals surface area contributed by atoms with E-state index in [1.807, 2.05) is 30.3 Å². The molecule has 216 valence electrons. The maximum atomic E-state index is 16.8. The molecule has 2 aromatic heterocycles. The minimum Gasteiger partial charge on any atom is -0.480 e. The van der Waals surface area contributed by atoms with Crippen molar-refractivity contribution in [2.75, 3.05) is 57.9 Å². The lowest BCUT2D eigenvalue weighted by Gasteiger charge is -2.32. The molecule has 3 saturated heterocycles. The van der Waals surface area contributed by atoms with Crippen molar-refractivity contribution >= 4 is 27.5 Å². The number of alkyl halides is 1. The molecule has 0 bridgehead atoms. The molecule has 42 heavy (non-hydrogen) atoms. The van der Waals surface area contributed by atoms with Crippen LogP contribution in [0.15, 0.2) is 36.4 Å². The highest BCUT2D eigenvalue weighted by atomic mass is 19.1. The Morgan fingerprint density at radius 1 is 1.10 bits per heavy atom. The monoisotopic (exact) mass is 570 g/mol. The quantitative estimate of drug-likeness (QED) is 0.344. The van der Waals surface area contributed by atoms with E-state index in [1.165, 1.54) is 7.11 Å². The number of nitrogens with zero attached hydrogens (tertiary/aromatic N) is 5. The number of benzene rings is 2. The van der Waals surface area contributed by atoms with Crippen LogP contribution in [-0.4, -0.2) is 84.5 Å². The summed E-state index contributed by atoms with van der Waals surface area (Å²) in [6, 6.07) is 11.3. The van der Waals surface area contributed by atoms with Crippen molar-refractivity contribution < 1.29 is 18.3 Å². The topological polar surface area (TPSA) is 75.6 Å². The molecular weight excluding hydrogens is 538 g/mol. The molecule has 0 saturated carbocycles. The molecule has 4 aromatic rings. The van der Waals surface area contributed by atoms with Crippen LogP contribution in [0.4, 0.5) is 14.6 Å². The first-order valence-electron chi connectivity index (χ1n) is 14.4. The molecule has 0 radical (unpaired) electrons. The van der Waals surface area contributed by atoms with Crippen LogP contribution < -0.4 is 19.7 Å². The summed E-state index contributed by atoms with van der Waals surface area (Å²) in [6.45, 7) is 4.32. The van der Waals surface area contributed by atoms with Gasteiger partial charge in [0.15, 0.2) is 5.82 Å². The summed E-state index contributed by atoms with van der Waals surface area (Å²) in [6.07, 6.45) is 7.21. The third-order valence-corrected chi connectivity index (χ3v) is 8.87. The number of ether oxygens (including phenoxy) is 2. The number of halogens is 2. The van der Waals surface area contributed by atoms with E-state index in [4.69, 9.17) is 20.9 Å². The fraction of sp³-hybridized carbons (Fsp3) is 0.406. The van der Waals surface area contributed by atoms with E-state index < -0.39 is 12.0 Å². The molecule has 10 heteroatoms. The smallest absolute Gasteiger partial charge is 0.319 e. The van der Waals surface area contributed by atoms with E-state index in [1.54, 1.807) is 6.07 Å². The van der Waals surface area contributed by atoms with E-state index in [9.17, 15) is 4.39 Å². The van der Waals surface area contributed by atoms with Gasteiger partial charge in [0.25, 0.3) is 0 Å². The number of fused-ring (bicyclic) bond motifs is 3. The van der Waals surface area contributed by atoms with Gasteiger partial charge in [-0.15, -0.1) is 6.42 Å². The first-order valence-corrected chi connectivity index (χ1v) is 14.4. The number of rotatable bonds is 6. The van der Waals surface area contributed by atoms with Gasteiger partial charge < -0.3 is 19.7 Å². The molecule has 3 fully saturated rings. The first-order chi connectivity index (χ1) is 20.5. The number of hydrogen-bond acceptors (Lipinski definition) is 8. The van der Waals surface area contributed by atoms with Crippen LogP contribution in [0.2, 0.25) is 0 Å². The van der Waals surface area contributed by atoms with Gasteiger partial charge in [0.2, 0.25) is 5.88 Å². The lowest BCUT2D eigenvalue weighted by molar-refractivity contribution is 0.107. The zero-order valence-electron chi connectivity index (χ0n) is 23.5. The maximum absolute atomic E-state index is 16.8. The molecule has 3 aliphatic rings. The normalized spacial score (nSPS) is 22.4. The second-order valence-corrected chi connectivity index (χ2v) is 11.3. The Morgan fingerprint density at radius 3 is 2.69 bits per heavy atom. The molecule has 0 aliphatic carbocycles. The molecule has 1 unspecified atom stereocenters. The van der Waals surface area contributed by atoms with Crippen molar-refractivity contribution in [2.45, 2.75) is 31.0 Å². The molecule has 0 spiro atoms. The molecule has 1 N–H and O–H groups in total. The van der Waals surface area contributed by atoms with Crippen molar-refractivity contribution in [1.29, 1.82) is 0 Å². The summed E-state index contributed by atoms with van der Waals surface area (Å²) in [5.74, 6) is 2.83. The van der Waals surface area contributed by atoms with Crippen LogP contribution in [0.1, 0.15) is 24.8 Å². The Hall–Kier alpha value is -4.07. The van der Waals surface area contributed by atoms with Crippen LogP contribution in [0.5, 0.6) is 11.9 Å². The highest BCUT2D eigenvalue weighted by Crippen LogP contribution is 2.42. The predicted molar refractivity (Wildman–Crippen MR) is 158 cm³/mol. The molecule has 3 aliphatic heterocycles. The van der Waals surface area contributed by atoms with Crippen LogP contribution in [-0.2, 0) is 0 Å². The molecule has 2 atom stereocenters. The van der Waals surface area contributed by atoms with Crippen LogP contribution in [0.25, 0.3) is 32.9 Å². The Kier molecular flexibility index (Phi) is 6.79. The van der Waals surface area contributed by atoms with Crippen molar-refractivity contribution in [3.05, 3.63) is 47.8 Å². The Balaban J connectivity index is 1.40. The number of methoxy groups -OCH3 is 1. The van der Waals surface area contributed by atoms with Crippen molar-refractivity contribution in [3.63, 3.8) is 0 Å². The minimum atomic E-state index is -0.883. The lowest BCUT2D eigenvalue weighted by Crippen LogP contribution is -2.44. The van der Waals surface area contributed by atoms with Crippen LogP contribution in [0, 0.1) is 18.2 Å². The largest absolute Gasteiger partial charge is 0.480 e. The average molecular weight is 571 g/mol. The summed E-state index contributed by atoms with van der Waals surface area (Å²) in [7, 11) is 1.51. The number of piperazine rings is 1. The van der Waals surface area contributed by atoms with Gasteiger partial charge in [-0.1, -0.05) is 36.3 Å². The van der Waals surface area contributed by atoms with Crippen LogP contribution >= 0.6 is 0 Å². The fourth-order valence-electron chi connectivity index (χ4n) is 6.91. The van der Waals surface area contributed by atoms with E-state index in [2.05, 4.69) is 31.0 Å². The van der Waals surface area contributed by atoms with Crippen LogP contribution in [0.3, 0.4) is 0 Å². The first kappa shape index (κ1) is 26.8. The number of pyridine rings is 1. The highest BCUT2D eigenvalue weighted by molar-refractivity contribution is 6.03. The minimum absolute atomic E-state index is 0.0555. The lowest BCUT2D eigenvalue weighted by atomic mass is 9.95. The highest BCUT2D eigenvalue weighted by Gasteiger charge is 2.49. The molecule has 8 nitrogen and oxygen atoms in total. The van der Waals surface area contributed by atoms with Gasteiger partial charge in [0.05, 0.1) is 12.6 Å². The van der Waals surface area contributed by atoms with Gasteiger partial charge in [-0.2, -0.15) is 9.97 Å². The summed E-state index contributed by atoms with van der Waals surface area (Å²) in [5.41, 5.74) is 0.936. The third-order valence-electron chi connectivity index (χ3n) is 8.87. The summed E-state index contributed by atoms with van der Waals surface area (Å²) in [4.78, 5) is 18.3. The molecule has 5 heterocycles. The summed E-state index contributed by atoms with van der Waals surface area (Å²) < 4.78 is 43.2. The maximum Gasteiger partial charge on any atom is 0.319 e. The Morgan fingerprint density at radius 2 is 1.90 bits per heavy atom. The Bertz CT molecular complexity index is 1710. The number of nitrogens with one attached hydrogen (secondary N) is 1. The number of anilines is 1. The van der Waals surface area contributed by atoms with Gasteiger partial charge >= 0.3 is 6.01 Å². The van der Waals surface area contributed by atoms with E-state index in [-0.39, 0.29) is 35.2 Å². The summed E-state index contributed by atoms with van der Waals surface area (Å²) in [5, 5.41) is 5.33. The summed E-state index contributed by atoms with van der Waals surface area (Å²) >= 11 is 0. The van der Waals surface area contributed by atoms with Crippen molar-refractivity contribution in [2.24, 2.45) is 0 Å². The van der Waals surface area contributed by atoms with Gasteiger partial charge in [0, 0.05) is 55.7 Å². The van der Waals surface area contributed by atoms with E-state index >= 15 is 4.39 Å². The number of aromatic nitrogens is 3. The van der Waals surface area contributed by atoms with E-state index in [0.717, 1.165) is 43.2 Å². The second kappa shape index (κ2) is 10.6.